The number of aliphatic carboxylic acids is 1. The van der Waals surface area contributed by atoms with Gasteiger partial charge in [0, 0.05) is 5.39 Å². The van der Waals surface area contributed by atoms with Gasteiger partial charge in [0.2, 0.25) is 0 Å². The monoisotopic (exact) mass is 303 g/mol. The average Bonchev–Trinajstić information content (AvgIpc) is 2.50. The molecule has 0 spiro atoms. The highest BCUT2D eigenvalue weighted by molar-refractivity contribution is 5.88. The second-order valence-corrected chi connectivity index (χ2v) is 5.12. The second-order valence-electron chi connectivity index (χ2n) is 5.12. The number of benzene rings is 2. The van der Waals surface area contributed by atoms with Crippen molar-refractivity contribution < 1.29 is 24.5 Å². The molecule has 0 heterocycles. The van der Waals surface area contributed by atoms with Crippen LogP contribution in [0.5, 0.6) is 5.75 Å². The molecule has 0 bridgehead atoms. The molecule has 0 aliphatic heterocycles. The number of ether oxygens (including phenoxy) is 1. The van der Waals surface area contributed by atoms with Crippen molar-refractivity contribution in [2.75, 3.05) is 13.2 Å². The Morgan fingerprint density at radius 3 is 2.59 bits per heavy atom. The van der Waals surface area contributed by atoms with Crippen molar-refractivity contribution in [1.82, 2.24) is 5.32 Å². The molecule has 3 N–H and O–H groups in total. The molecular weight excluding hydrogens is 286 g/mol. The minimum Gasteiger partial charge on any atom is -0.483 e. The highest BCUT2D eigenvalue weighted by Crippen LogP contribution is 2.24. The van der Waals surface area contributed by atoms with E-state index in [2.05, 4.69) is 5.32 Å². The van der Waals surface area contributed by atoms with Crippen molar-refractivity contribution in [3.05, 3.63) is 42.5 Å². The Labute approximate surface area is 127 Å². The van der Waals surface area contributed by atoms with Crippen LogP contribution in [0, 0.1) is 0 Å². The zero-order valence-electron chi connectivity index (χ0n) is 12.1. The number of carbonyl (C=O) groups is 2. The van der Waals surface area contributed by atoms with Gasteiger partial charge >= 0.3 is 5.97 Å². The van der Waals surface area contributed by atoms with Gasteiger partial charge in [-0.05, 0) is 18.4 Å². The van der Waals surface area contributed by atoms with Crippen LogP contribution in [0.4, 0.5) is 0 Å². The summed E-state index contributed by atoms with van der Waals surface area (Å²) >= 11 is 0. The third kappa shape index (κ3) is 3.73. The standard InChI is InChI=1S/C16H17NO5/c1-16(21,15(19)20)10-17-14(18)9-22-13-8-4-6-11-5-2-3-7-12(11)13/h2-8,21H,9-10H2,1H3,(H,17,18)(H,19,20). The van der Waals surface area contributed by atoms with Gasteiger partial charge < -0.3 is 20.3 Å². The quantitative estimate of drug-likeness (QED) is 0.744. The summed E-state index contributed by atoms with van der Waals surface area (Å²) in [6.07, 6.45) is 0. The van der Waals surface area contributed by atoms with E-state index >= 15 is 0 Å². The van der Waals surface area contributed by atoms with Gasteiger partial charge in [-0.15, -0.1) is 0 Å². The number of carbonyl (C=O) groups excluding carboxylic acids is 1. The second kappa shape index (κ2) is 6.44. The summed E-state index contributed by atoms with van der Waals surface area (Å²) in [6.45, 7) is 0.463. The van der Waals surface area contributed by atoms with Crippen molar-refractivity contribution in [3.8, 4) is 5.75 Å². The predicted molar refractivity (Wildman–Crippen MR) is 80.7 cm³/mol. The molecule has 1 atom stereocenters. The molecule has 0 aromatic heterocycles. The third-order valence-electron chi connectivity index (χ3n) is 3.20. The van der Waals surface area contributed by atoms with Gasteiger partial charge in [0.15, 0.2) is 12.2 Å². The van der Waals surface area contributed by atoms with Crippen molar-refractivity contribution in [1.29, 1.82) is 0 Å². The first-order chi connectivity index (χ1) is 10.4. The molecule has 0 aliphatic carbocycles. The maximum atomic E-state index is 11.7. The Kier molecular flexibility index (Phi) is 4.62. The molecule has 6 heteroatoms. The fourth-order valence-electron chi connectivity index (χ4n) is 1.86. The molecule has 2 aromatic rings. The average molecular weight is 303 g/mol. The van der Waals surface area contributed by atoms with Crippen LogP contribution in [0.2, 0.25) is 0 Å². The van der Waals surface area contributed by atoms with E-state index < -0.39 is 17.5 Å². The lowest BCUT2D eigenvalue weighted by atomic mass is 10.1. The Hall–Kier alpha value is -2.60. The first kappa shape index (κ1) is 15.8. The molecule has 0 radical (unpaired) electrons. The van der Waals surface area contributed by atoms with Crippen LogP contribution in [0.1, 0.15) is 6.92 Å². The van der Waals surface area contributed by atoms with Crippen LogP contribution in [-0.4, -0.2) is 40.8 Å². The number of carboxylic acids is 1. The zero-order valence-corrected chi connectivity index (χ0v) is 12.1. The largest absolute Gasteiger partial charge is 0.483 e. The molecule has 22 heavy (non-hydrogen) atoms. The zero-order chi connectivity index (χ0) is 16.2. The lowest BCUT2D eigenvalue weighted by molar-refractivity contribution is -0.156. The Bertz CT molecular complexity index is 691. The van der Waals surface area contributed by atoms with Gasteiger partial charge in [-0.25, -0.2) is 4.79 Å². The summed E-state index contributed by atoms with van der Waals surface area (Å²) in [5, 5.41) is 22.5. The maximum absolute atomic E-state index is 11.7. The highest BCUT2D eigenvalue weighted by atomic mass is 16.5. The number of amides is 1. The maximum Gasteiger partial charge on any atom is 0.337 e. The van der Waals surface area contributed by atoms with Crippen molar-refractivity contribution >= 4 is 22.6 Å². The lowest BCUT2D eigenvalue weighted by Crippen LogP contribution is -2.47. The van der Waals surface area contributed by atoms with Gasteiger partial charge in [-0.3, -0.25) is 4.79 Å². The molecule has 0 saturated heterocycles. The molecular formula is C16H17NO5. The number of rotatable bonds is 6. The molecule has 6 nitrogen and oxygen atoms in total. The number of hydrogen-bond acceptors (Lipinski definition) is 4. The van der Waals surface area contributed by atoms with Crippen LogP contribution in [0.15, 0.2) is 42.5 Å². The first-order valence-corrected chi connectivity index (χ1v) is 6.73. The summed E-state index contributed by atoms with van der Waals surface area (Å²) in [7, 11) is 0. The van der Waals surface area contributed by atoms with E-state index in [4.69, 9.17) is 9.84 Å². The van der Waals surface area contributed by atoms with E-state index in [0.29, 0.717) is 5.75 Å². The van der Waals surface area contributed by atoms with Crippen molar-refractivity contribution in [2.24, 2.45) is 0 Å². The molecule has 0 aliphatic rings. The minimum absolute atomic E-state index is 0.260. The van der Waals surface area contributed by atoms with Crippen molar-refractivity contribution in [2.45, 2.75) is 12.5 Å². The van der Waals surface area contributed by atoms with Gasteiger partial charge in [0.25, 0.3) is 5.91 Å². The van der Waals surface area contributed by atoms with E-state index in [0.717, 1.165) is 17.7 Å². The molecule has 1 unspecified atom stereocenters. The summed E-state index contributed by atoms with van der Waals surface area (Å²) in [5.74, 6) is -1.34. The Balaban J connectivity index is 1.95. The van der Waals surface area contributed by atoms with Gasteiger partial charge in [0.05, 0.1) is 6.54 Å². The minimum atomic E-state index is -2.00. The van der Waals surface area contributed by atoms with E-state index in [9.17, 15) is 14.7 Å². The Morgan fingerprint density at radius 1 is 1.18 bits per heavy atom. The van der Waals surface area contributed by atoms with E-state index in [1.54, 1.807) is 6.07 Å². The van der Waals surface area contributed by atoms with Crippen LogP contribution in [0.3, 0.4) is 0 Å². The number of hydrogen-bond donors (Lipinski definition) is 3. The predicted octanol–water partition coefficient (Wildman–Crippen LogP) is 1.17. The number of aliphatic hydroxyl groups is 1. The number of carboxylic acid groups (broad SMARTS) is 1. The van der Waals surface area contributed by atoms with Crippen LogP contribution in [-0.2, 0) is 9.59 Å². The van der Waals surface area contributed by atoms with Gasteiger partial charge in [-0.2, -0.15) is 0 Å². The van der Waals surface area contributed by atoms with Gasteiger partial charge in [-0.1, -0.05) is 36.4 Å². The molecule has 0 saturated carbocycles. The fraction of sp³-hybridized carbons (Fsp3) is 0.250. The van der Waals surface area contributed by atoms with E-state index in [1.807, 2.05) is 36.4 Å². The fourth-order valence-corrected chi connectivity index (χ4v) is 1.86. The van der Waals surface area contributed by atoms with Crippen molar-refractivity contribution in [3.63, 3.8) is 0 Å². The topological polar surface area (TPSA) is 95.9 Å². The normalized spacial score (nSPS) is 13.4. The first-order valence-electron chi connectivity index (χ1n) is 6.73. The summed E-state index contributed by atoms with van der Waals surface area (Å²) in [5.41, 5.74) is -2.00. The van der Waals surface area contributed by atoms with E-state index in [-0.39, 0.29) is 13.2 Å². The Morgan fingerprint density at radius 2 is 1.86 bits per heavy atom. The van der Waals surface area contributed by atoms with Gasteiger partial charge in [0.1, 0.15) is 5.75 Å². The highest BCUT2D eigenvalue weighted by Gasteiger charge is 2.30. The van der Waals surface area contributed by atoms with E-state index in [1.165, 1.54) is 0 Å². The SMILES string of the molecule is CC(O)(CNC(=O)COc1cccc2ccccc12)C(=O)O. The third-order valence-corrected chi connectivity index (χ3v) is 3.20. The lowest BCUT2D eigenvalue weighted by Gasteiger charge is -2.18. The molecule has 2 rings (SSSR count). The summed E-state index contributed by atoms with van der Waals surface area (Å²) < 4.78 is 5.47. The van der Waals surface area contributed by atoms with Crippen LogP contribution in [0.25, 0.3) is 10.8 Å². The summed E-state index contributed by atoms with van der Waals surface area (Å²) in [4.78, 5) is 22.4. The molecule has 2 aromatic carbocycles. The van der Waals surface area contributed by atoms with Crippen LogP contribution >= 0.6 is 0 Å². The molecule has 0 fully saturated rings. The smallest absolute Gasteiger partial charge is 0.337 e. The summed E-state index contributed by atoms with van der Waals surface area (Å²) in [6, 6.07) is 13.1. The number of fused-ring (bicyclic) bond motifs is 1. The van der Waals surface area contributed by atoms with Crippen LogP contribution < -0.4 is 10.1 Å². The molecule has 1 amide bonds. The number of nitrogens with one attached hydrogen (secondary N) is 1. The molecule has 116 valence electrons.